The van der Waals surface area contributed by atoms with E-state index in [2.05, 4.69) is 19.3 Å². The number of nitrogens with two attached hydrogens (primary N) is 1. The van der Waals surface area contributed by atoms with Gasteiger partial charge in [-0.3, -0.25) is 0 Å². The lowest BCUT2D eigenvalue weighted by atomic mass is 10.2. The number of rotatable bonds is 2. The van der Waals surface area contributed by atoms with E-state index in [1.807, 2.05) is 11.1 Å². The topological polar surface area (TPSA) is 86.3 Å². The van der Waals surface area contributed by atoms with Crippen LogP contribution in [0.15, 0.2) is 24.5 Å². The molecule has 7 heteroatoms. The zero-order chi connectivity index (χ0) is 14.1. The molecule has 0 saturated heterocycles. The van der Waals surface area contributed by atoms with E-state index in [-0.39, 0.29) is 5.69 Å². The molecule has 20 heavy (non-hydrogen) atoms. The maximum atomic E-state index is 11.6. The molecule has 0 unspecified atom stereocenters. The fraction of sp³-hybridized carbons (Fsp3) is 0.308. The first-order valence-electron chi connectivity index (χ1n) is 6.29. The highest BCUT2D eigenvalue weighted by atomic mass is 16.5. The highest BCUT2D eigenvalue weighted by molar-refractivity contribution is 5.88. The predicted octanol–water partition coefficient (Wildman–Crippen LogP) is 0.667. The lowest BCUT2D eigenvalue weighted by molar-refractivity contribution is 0.0594. The maximum absolute atomic E-state index is 11.6. The summed E-state index contributed by atoms with van der Waals surface area (Å²) in [7, 11) is 1.33. The number of hydrogen-bond acceptors (Lipinski definition) is 6. The number of anilines is 2. The molecule has 0 spiro atoms. The van der Waals surface area contributed by atoms with Crippen LogP contribution in [0.5, 0.6) is 0 Å². The first-order valence-corrected chi connectivity index (χ1v) is 6.29. The van der Waals surface area contributed by atoms with Crippen molar-refractivity contribution in [2.45, 2.75) is 13.1 Å². The Morgan fingerprint density at radius 1 is 1.40 bits per heavy atom. The van der Waals surface area contributed by atoms with Crippen molar-refractivity contribution in [3.63, 3.8) is 0 Å². The third-order valence-electron chi connectivity index (χ3n) is 3.34. The Balaban J connectivity index is 1.92. The number of imidazole rings is 1. The van der Waals surface area contributed by atoms with E-state index in [1.54, 1.807) is 18.3 Å². The number of carbonyl (C=O) groups is 1. The Hall–Kier alpha value is -2.57. The molecule has 0 radical (unpaired) electrons. The van der Waals surface area contributed by atoms with Gasteiger partial charge in [-0.05, 0) is 12.1 Å². The molecule has 104 valence electrons. The molecule has 1 aliphatic heterocycles. The molecule has 2 N–H and O–H groups in total. The summed E-state index contributed by atoms with van der Waals surface area (Å²) in [6.07, 6.45) is 3.73. The van der Waals surface area contributed by atoms with E-state index in [4.69, 9.17) is 5.73 Å². The van der Waals surface area contributed by atoms with E-state index in [0.717, 1.165) is 18.9 Å². The predicted molar refractivity (Wildman–Crippen MR) is 73.3 cm³/mol. The maximum Gasteiger partial charge on any atom is 0.356 e. The van der Waals surface area contributed by atoms with Gasteiger partial charge in [0, 0.05) is 25.5 Å². The Bertz CT molecular complexity index is 652. The van der Waals surface area contributed by atoms with Crippen molar-refractivity contribution in [1.82, 2.24) is 14.5 Å². The molecule has 0 fully saturated rings. The summed E-state index contributed by atoms with van der Waals surface area (Å²) in [4.78, 5) is 22.2. The molecule has 0 aromatic carbocycles. The number of methoxy groups -OCH3 is 1. The second-order valence-corrected chi connectivity index (χ2v) is 4.56. The van der Waals surface area contributed by atoms with E-state index in [9.17, 15) is 4.79 Å². The number of pyridine rings is 1. The van der Waals surface area contributed by atoms with Crippen molar-refractivity contribution < 1.29 is 9.53 Å². The normalized spacial score (nSPS) is 13.9. The summed E-state index contributed by atoms with van der Waals surface area (Å²) < 4.78 is 6.78. The van der Waals surface area contributed by atoms with Crippen LogP contribution in [0.2, 0.25) is 0 Å². The van der Waals surface area contributed by atoms with Gasteiger partial charge < -0.3 is 19.9 Å². The standard InChI is InChI=1S/C13H15N5O2/c1-20-13(19)10-3-2-9(14)12(16-10)18-7-6-17-5-4-15-11(17)8-18/h2-5H,6-8,14H2,1H3. The van der Waals surface area contributed by atoms with Gasteiger partial charge in [-0.25, -0.2) is 14.8 Å². The summed E-state index contributed by atoms with van der Waals surface area (Å²) in [5, 5.41) is 0. The molecule has 0 amide bonds. The lowest BCUT2D eigenvalue weighted by Crippen LogP contribution is -2.35. The molecule has 3 rings (SSSR count). The van der Waals surface area contributed by atoms with Crippen LogP contribution in [0, 0.1) is 0 Å². The van der Waals surface area contributed by atoms with E-state index in [1.165, 1.54) is 7.11 Å². The number of carbonyl (C=O) groups excluding carboxylic acids is 1. The van der Waals surface area contributed by atoms with Gasteiger partial charge in [0.2, 0.25) is 0 Å². The van der Waals surface area contributed by atoms with Gasteiger partial charge in [-0.15, -0.1) is 0 Å². The fourth-order valence-electron chi connectivity index (χ4n) is 2.28. The highest BCUT2D eigenvalue weighted by Gasteiger charge is 2.21. The molecule has 0 bridgehead atoms. The minimum Gasteiger partial charge on any atom is -0.464 e. The third kappa shape index (κ3) is 2.07. The summed E-state index contributed by atoms with van der Waals surface area (Å²) in [6, 6.07) is 3.24. The first-order chi connectivity index (χ1) is 9.69. The monoisotopic (exact) mass is 273 g/mol. The molecule has 0 saturated carbocycles. The van der Waals surface area contributed by atoms with Crippen molar-refractivity contribution in [3.05, 3.63) is 36.0 Å². The number of nitrogen functional groups attached to an aromatic ring is 1. The number of esters is 1. The SMILES string of the molecule is COC(=O)c1ccc(N)c(N2CCn3ccnc3C2)n1. The van der Waals surface area contributed by atoms with E-state index >= 15 is 0 Å². The van der Waals surface area contributed by atoms with Crippen LogP contribution in [0.1, 0.15) is 16.3 Å². The van der Waals surface area contributed by atoms with Gasteiger partial charge in [0.1, 0.15) is 5.82 Å². The number of hydrogen-bond donors (Lipinski definition) is 1. The first kappa shape index (κ1) is 12.5. The third-order valence-corrected chi connectivity index (χ3v) is 3.34. The largest absolute Gasteiger partial charge is 0.464 e. The second-order valence-electron chi connectivity index (χ2n) is 4.56. The van der Waals surface area contributed by atoms with Gasteiger partial charge in [-0.2, -0.15) is 0 Å². The molecule has 7 nitrogen and oxygen atoms in total. The molecule has 0 aliphatic carbocycles. The smallest absolute Gasteiger partial charge is 0.356 e. The number of nitrogens with zero attached hydrogens (tertiary/aromatic N) is 4. The molecule has 2 aromatic rings. The minimum absolute atomic E-state index is 0.255. The van der Waals surface area contributed by atoms with Crippen LogP contribution in [0.4, 0.5) is 11.5 Å². The second kappa shape index (κ2) is 4.84. The molecular weight excluding hydrogens is 258 g/mol. The molecule has 3 heterocycles. The van der Waals surface area contributed by atoms with Crippen molar-refractivity contribution in [2.75, 3.05) is 24.3 Å². The van der Waals surface area contributed by atoms with E-state index in [0.29, 0.717) is 18.1 Å². The van der Waals surface area contributed by atoms with Crippen LogP contribution in [0.25, 0.3) is 0 Å². The number of fused-ring (bicyclic) bond motifs is 1. The average molecular weight is 273 g/mol. The Labute approximate surface area is 116 Å². The van der Waals surface area contributed by atoms with Gasteiger partial charge in [0.05, 0.1) is 19.3 Å². The van der Waals surface area contributed by atoms with E-state index < -0.39 is 5.97 Å². The molecule has 2 aromatic heterocycles. The summed E-state index contributed by atoms with van der Waals surface area (Å²) in [5.74, 6) is 1.09. The molecule has 0 atom stereocenters. The van der Waals surface area contributed by atoms with Crippen molar-refractivity contribution >= 4 is 17.5 Å². The zero-order valence-electron chi connectivity index (χ0n) is 11.1. The average Bonchev–Trinajstić information content (AvgIpc) is 2.94. The Morgan fingerprint density at radius 3 is 3.05 bits per heavy atom. The van der Waals surface area contributed by atoms with Gasteiger partial charge in [0.25, 0.3) is 0 Å². The summed E-state index contributed by atoms with van der Waals surface area (Å²) >= 11 is 0. The van der Waals surface area contributed by atoms with Crippen molar-refractivity contribution in [3.8, 4) is 0 Å². The molecular formula is C13H15N5O2. The summed E-state index contributed by atoms with van der Waals surface area (Å²) in [6.45, 7) is 2.21. The Morgan fingerprint density at radius 2 is 2.25 bits per heavy atom. The number of ether oxygens (including phenoxy) is 1. The number of aromatic nitrogens is 3. The van der Waals surface area contributed by atoms with Crippen molar-refractivity contribution in [1.29, 1.82) is 0 Å². The fourth-order valence-corrected chi connectivity index (χ4v) is 2.28. The van der Waals surface area contributed by atoms with Crippen LogP contribution >= 0.6 is 0 Å². The Kier molecular flexibility index (Phi) is 3.02. The van der Waals surface area contributed by atoms with Crippen molar-refractivity contribution in [2.24, 2.45) is 0 Å². The van der Waals surface area contributed by atoms with Crippen LogP contribution in [0.3, 0.4) is 0 Å². The quantitative estimate of drug-likeness (QED) is 0.809. The van der Waals surface area contributed by atoms with Crippen LogP contribution in [-0.2, 0) is 17.8 Å². The van der Waals surface area contributed by atoms with Gasteiger partial charge in [0.15, 0.2) is 11.5 Å². The molecule has 1 aliphatic rings. The van der Waals surface area contributed by atoms with Gasteiger partial charge in [-0.1, -0.05) is 0 Å². The zero-order valence-corrected chi connectivity index (χ0v) is 11.1. The summed E-state index contributed by atoms with van der Waals surface area (Å²) in [5.41, 5.74) is 6.77. The minimum atomic E-state index is -0.468. The lowest BCUT2D eigenvalue weighted by Gasteiger charge is -2.29. The highest BCUT2D eigenvalue weighted by Crippen LogP contribution is 2.24. The van der Waals surface area contributed by atoms with Crippen LogP contribution in [-0.4, -0.2) is 34.2 Å². The van der Waals surface area contributed by atoms with Gasteiger partial charge >= 0.3 is 5.97 Å². The van der Waals surface area contributed by atoms with Crippen LogP contribution < -0.4 is 10.6 Å².